The molecule has 0 saturated heterocycles. The number of benzene rings is 1. The lowest BCUT2D eigenvalue weighted by Crippen LogP contribution is -2.40. The maximum Gasteiger partial charge on any atom is 0.226 e. The number of carbonyl (C=O) groups is 1. The van der Waals surface area contributed by atoms with E-state index in [4.69, 9.17) is 5.73 Å². The summed E-state index contributed by atoms with van der Waals surface area (Å²) in [6.45, 7) is 1.91. The Balaban J connectivity index is 1.70. The summed E-state index contributed by atoms with van der Waals surface area (Å²) < 4.78 is 0. The number of anilines is 1. The Bertz CT molecular complexity index is 640. The monoisotopic (exact) mass is 272 g/mol. The molecule has 0 radical (unpaired) electrons. The van der Waals surface area contributed by atoms with Crippen LogP contribution in [0.15, 0.2) is 18.2 Å². The number of aromatic nitrogens is 2. The summed E-state index contributed by atoms with van der Waals surface area (Å²) in [5.41, 5.74) is 8.55. The molecule has 1 saturated carbocycles. The maximum atomic E-state index is 12.1. The molecule has 20 heavy (non-hydrogen) atoms. The van der Waals surface area contributed by atoms with Crippen molar-refractivity contribution in [3.05, 3.63) is 24.0 Å². The number of hydrogen-bond acceptors (Lipinski definition) is 3. The van der Waals surface area contributed by atoms with Gasteiger partial charge in [-0.1, -0.05) is 12.8 Å². The van der Waals surface area contributed by atoms with E-state index in [2.05, 4.69) is 15.3 Å². The molecule has 1 aromatic heterocycles. The van der Waals surface area contributed by atoms with Crippen LogP contribution >= 0.6 is 0 Å². The van der Waals surface area contributed by atoms with Gasteiger partial charge in [-0.3, -0.25) is 4.79 Å². The van der Waals surface area contributed by atoms with Gasteiger partial charge in [0.05, 0.1) is 11.0 Å². The Morgan fingerprint density at radius 1 is 1.45 bits per heavy atom. The van der Waals surface area contributed by atoms with Crippen LogP contribution in [0.3, 0.4) is 0 Å². The van der Waals surface area contributed by atoms with Crippen LogP contribution in [0.25, 0.3) is 11.0 Å². The van der Waals surface area contributed by atoms with Gasteiger partial charge in [0.1, 0.15) is 5.82 Å². The molecule has 0 bridgehead atoms. The molecule has 0 spiro atoms. The molecule has 0 atom stereocenters. The van der Waals surface area contributed by atoms with Crippen LogP contribution in [0.4, 0.5) is 5.69 Å². The Morgan fingerprint density at radius 3 is 2.95 bits per heavy atom. The fourth-order valence-corrected chi connectivity index (χ4v) is 3.00. The Morgan fingerprint density at radius 2 is 2.20 bits per heavy atom. The average molecular weight is 272 g/mol. The number of nitrogens with one attached hydrogen (secondary N) is 2. The van der Waals surface area contributed by atoms with Crippen molar-refractivity contribution in [2.45, 2.75) is 44.6 Å². The predicted molar refractivity (Wildman–Crippen MR) is 79.5 cm³/mol. The number of aryl methyl sites for hydroxylation is 1. The van der Waals surface area contributed by atoms with Crippen molar-refractivity contribution in [3.63, 3.8) is 0 Å². The van der Waals surface area contributed by atoms with Crippen LogP contribution in [0.2, 0.25) is 0 Å². The van der Waals surface area contributed by atoms with E-state index in [9.17, 15) is 4.79 Å². The SMILES string of the molecule is Cc1nc2ccc(NC(=O)CC3(N)CCCC3)cc2[nH]1. The van der Waals surface area contributed by atoms with Gasteiger partial charge in [-0.05, 0) is 38.0 Å². The van der Waals surface area contributed by atoms with E-state index in [1.54, 1.807) is 0 Å². The fourth-order valence-electron chi connectivity index (χ4n) is 3.00. The van der Waals surface area contributed by atoms with Crippen LogP contribution < -0.4 is 11.1 Å². The minimum absolute atomic E-state index is 0.00927. The number of H-pyrrole nitrogens is 1. The minimum atomic E-state index is -0.307. The average Bonchev–Trinajstić information content (AvgIpc) is 2.93. The van der Waals surface area contributed by atoms with Gasteiger partial charge in [0, 0.05) is 17.6 Å². The maximum absolute atomic E-state index is 12.1. The van der Waals surface area contributed by atoms with Gasteiger partial charge in [0.2, 0.25) is 5.91 Å². The summed E-state index contributed by atoms with van der Waals surface area (Å²) in [5.74, 6) is 0.861. The molecule has 1 amide bonds. The van der Waals surface area contributed by atoms with Crippen molar-refractivity contribution in [1.82, 2.24) is 9.97 Å². The summed E-state index contributed by atoms with van der Waals surface area (Å²) in [4.78, 5) is 19.6. The van der Waals surface area contributed by atoms with Gasteiger partial charge in [-0.25, -0.2) is 4.98 Å². The van der Waals surface area contributed by atoms with Gasteiger partial charge in [-0.15, -0.1) is 0 Å². The number of carbonyl (C=O) groups excluding carboxylic acids is 1. The third kappa shape index (κ3) is 2.67. The molecule has 4 N–H and O–H groups in total. The smallest absolute Gasteiger partial charge is 0.226 e. The number of hydrogen-bond donors (Lipinski definition) is 3. The first-order chi connectivity index (χ1) is 9.54. The molecular formula is C15H20N4O. The lowest BCUT2D eigenvalue weighted by molar-refractivity contribution is -0.117. The standard InChI is InChI=1S/C15H20N4O/c1-10-17-12-5-4-11(8-13(12)18-10)19-14(20)9-15(16)6-2-3-7-15/h4-5,8H,2-3,6-7,9,16H2,1H3,(H,17,18)(H,19,20). The summed E-state index contributed by atoms with van der Waals surface area (Å²) >= 11 is 0. The normalized spacial score (nSPS) is 17.5. The molecule has 1 heterocycles. The molecule has 5 nitrogen and oxygen atoms in total. The molecule has 1 aromatic carbocycles. The van der Waals surface area contributed by atoms with Crippen LogP contribution in [-0.4, -0.2) is 21.4 Å². The second-order valence-electron chi connectivity index (χ2n) is 5.85. The highest BCUT2D eigenvalue weighted by Crippen LogP contribution is 2.30. The zero-order valence-electron chi connectivity index (χ0n) is 11.7. The second-order valence-corrected chi connectivity index (χ2v) is 5.85. The van der Waals surface area contributed by atoms with Crippen LogP contribution in [-0.2, 0) is 4.79 Å². The topological polar surface area (TPSA) is 83.8 Å². The highest BCUT2D eigenvalue weighted by atomic mass is 16.1. The summed E-state index contributed by atoms with van der Waals surface area (Å²) in [7, 11) is 0. The van der Waals surface area contributed by atoms with E-state index in [0.29, 0.717) is 6.42 Å². The number of fused-ring (bicyclic) bond motifs is 1. The highest BCUT2D eigenvalue weighted by molar-refractivity contribution is 5.93. The largest absolute Gasteiger partial charge is 0.342 e. The molecule has 0 aliphatic heterocycles. The summed E-state index contributed by atoms with van der Waals surface area (Å²) in [5, 5.41) is 2.93. The first kappa shape index (κ1) is 13.1. The summed E-state index contributed by atoms with van der Waals surface area (Å²) in [6.07, 6.45) is 4.54. The highest BCUT2D eigenvalue weighted by Gasteiger charge is 2.31. The molecule has 0 unspecified atom stereocenters. The van der Waals surface area contributed by atoms with E-state index in [1.807, 2.05) is 25.1 Å². The van der Waals surface area contributed by atoms with E-state index in [0.717, 1.165) is 48.2 Å². The third-order valence-electron chi connectivity index (χ3n) is 4.00. The lowest BCUT2D eigenvalue weighted by atomic mass is 9.94. The molecule has 1 fully saturated rings. The van der Waals surface area contributed by atoms with E-state index in [-0.39, 0.29) is 11.4 Å². The van der Waals surface area contributed by atoms with Crippen LogP contribution in [0.5, 0.6) is 0 Å². The zero-order chi connectivity index (χ0) is 14.2. The first-order valence-corrected chi connectivity index (χ1v) is 7.09. The van der Waals surface area contributed by atoms with Crippen molar-refractivity contribution in [2.24, 2.45) is 5.73 Å². The van der Waals surface area contributed by atoms with Crippen molar-refractivity contribution < 1.29 is 4.79 Å². The molecule has 1 aliphatic carbocycles. The van der Waals surface area contributed by atoms with Crippen molar-refractivity contribution in [1.29, 1.82) is 0 Å². The molecule has 5 heteroatoms. The number of amides is 1. The second kappa shape index (κ2) is 4.90. The van der Waals surface area contributed by atoms with Gasteiger partial charge in [-0.2, -0.15) is 0 Å². The zero-order valence-corrected chi connectivity index (χ0v) is 11.7. The molecule has 1 aliphatic rings. The number of aromatic amines is 1. The lowest BCUT2D eigenvalue weighted by Gasteiger charge is -2.22. The summed E-state index contributed by atoms with van der Waals surface area (Å²) in [6, 6.07) is 5.69. The van der Waals surface area contributed by atoms with Gasteiger partial charge < -0.3 is 16.0 Å². The van der Waals surface area contributed by atoms with E-state index in [1.165, 1.54) is 0 Å². The number of rotatable bonds is 3. The van der Waals surface area contributed by atoms with Crippen molar-refractivity contribution in [2.75, 3.05) is 5.32 Å². The Kier molecular flexibility index (Phi) is 3.22. The fraction of sp³-hybridized carbons (Fsp3) is 0.467. The van der Waals surface area contributed by atoms with Gasteiger partial charge in [0.25, 0.3) is 0 Å². The Hall–Kier alpha value is -1.88. The van der Waals surface area contributed by atoms with Gasteiger partial charge >= 0.3 is 0 Å². The van der Waals surface area contributed by atoms with Crippen LogP contribution in [0, 0.1) is 6.92 Å². The quantitative estimate of drug-likeness (QED) is 0.802. The number of imidazole rings is 1. The molecule has 3 rings (SSSR count). The van der Waals surface area contributed by atoms with E-state index < -0.39 is 0 Å². The van der Waals surface area contributed by atoms with E-state index >= 15 is 0 Å². The molecule has 2 aromatic rings. The molecule has 106 valence electrons. The number of nitrogens with zero attached hydrogens (tertiary/aromatic N) is 1. The number of nitrogens with two attached hydrogens (primary N) is 1. The van der Waals surface area contributed by atoms with Gasteiger partial charge in [0.15, 0.2) is 0 Å². The predicted octanol–water partition coefficient (Wildman–Crippen LogP) is 2.47. The third-order valence-corrected chi connectivity index (χ3v) is 4.00. The van der Waals surface area contributed by atoms with Crippen LogP contribution in [0.1, 0.15) is 37.9 Å². The van der Waals surface area contributed by atoms with Crippen molar-refractivity contribution >= 4 is 22.6 Å². The van der Waals surface area contributed by atoms with Crippen molar-refractivity contribution in [3.8, 4) is 0 Å². The minimum Gasteiger partial charge on any atom is -0.342 e. The first-order valence-electron chi connectivity index (χ1n) is 7.09. The molecular weight excluding hydrogens is 252 g/mol. The Labute approximate surface area is 118 Å².